The zero-order valence-electron chi connectivity index (χ0n) is 13.3. The maximum absolute atomic E-state index is 12.2. The summed E-state index contributed by atoms with van der Waals surface area (Å²) >= 11 is 1.61. The number of pyridine rings is 1. The van der Waals surface area contributed by atoms with Gasteiger partial charge in [0.15, 0.2) is 0 Å². The molecule has 1 aromatic carbocycles. The van der Waals surface area contributed by atoms with Crippen molar-refractivity contribution in [2.75, 3.05) is 19.4 Å². The Hall–Kier alpha value is -2.34. The molecule has 5 nitrogen and oxygen atoms in total. The predicted molar refractivity (Wildman–Crippen MR) is 92.6 cm³/mol. The summed E-state index contributed by atoms with van der Waals surface area (Å²) in [6.07, 6.45) is 4.34. The minimum absolute atomic E-state index is 0.0131. The van der Waals surface area contributed by atoms with Gasteiger partial charge in [-0.1, -0.05) is 18.2 Å². The van der Waals surface area contributed by atoms with E-state index in [0.29, 0.717) is 17.9 Å². The Bertz CT molecular complexity index is 719. The van der Waals surface area contributed by atoms with Crippen LogP contribution in [0.3, 0.4) is 0 Å². The molecule has 3 rings (SSSR count). The van der Waals surface area contributed by atoms with Crippen LogP contribution in [0.2, 0.25) is 0 Å². The molecule has 124 valence electrons. The number of carbonyl (C=O) groups excluding carboxylic acids is 2. The summed E-state index contributed by atoms with van der Waals surface area (Å²) in [5.41, 5.74) is 2.64. The fraction of sp³-hybridized carbons (Fsp3) is 0.278. The fourth-order valence-electron chi connectivity index (χ4n) is 2.67. The first-order valence-corrected chi connectivity index (χ1v) is 8.72. The molecule has 24 heavy (non-hydrogen) atoms. The molecule has 6 heteroatoms. The summed E-state index contributed by atoms with van der Waals surface area (Å²) in [6, 6.07) is 11.2. The van der Waals surface area contributed by atoms with Crippen LogP contribution < -0.4 is 0 Å². The number of rotatable bonds is 5. The lowest BCUT2D eigenvalue weighted by molar-refractivity contribution is -0.128. The zero-order valence-corrected chi connectivity index (χ0v) is 14.2. The lowest BCUT2D eigenvalue weighted by atomic mass is 10.1. The number of hydrogen-bond donors (Lipinski definition) is 0. The number of aromatic nitrogens is 1. The van der Waals surface area contributed by atoms with Crippen molar-refractivity contribution >= 4 is 23.6 Å². The second-order valence-electron chi connectivity index (χ2n) is 5.48. The highest BCUT2D eigenvalue weighted by molar-refractivity contribution is 8.00. The highest BCUT2D eigenvalue weighted by Gasteiger charge is 2.32. The van der Waals surface area contributed by atoms with Gasteiger partial charge in [-0.05, 0) is 35.7 Å². The summed E-state index contributed by atoms with van der Waals surface area (Å²) < 4.78 is 4.71. The topological polar surface area (TPSA) is 59.5 Å². The zero-order chi connectivity index (χ0) is 16.9. The van der Waals surface area contributed by atoms with E-state index in [1.165, 1.54) is 7.11 Å². The molecule has 0 bridgehead atoms. The van der Waals surface area contributed by atoms with E-state index in [1.54, 1.807) is 30.1 Å². The smallest absolute Gasteiger partial charge is 0.337 e. The molecule has 0 spiro atoms. The number of thioether (sulfide) groups is 1. The lowest BCUT2D eigenvalue weighted by Crippen LogP contribution is -2.30. The van der Waals surface area contributed by atoms with Crippen LogP contribution in [0, 0.1) is 0 Å². The van der Waals surface area contributed by atoms with Gasteiger partial charge in [0.05, 0.1) is 18.4 Å². The van der Waals surface area contributed by atoms with Crippen molar-refractivity contribution in [3.05, 3.63) is 65.5 Å². The highest BCUT2D eigenvalue weighted by Crippen LogP contribution is 2.38. The molecule has 1 aliphatic rings. The number of esters is 1. The first-order chi connectivity index (χ1) is 11.7. The van der Waals surface area contributed by atoms with Crippen LogP contribution in [-0.2, 0) is 16.0 Å². The Morgan fingerprint density at radius 3 is 2.79 bits per heavy atom. The average Bonchev–Trinajstić information content (AvgIpc) is 3.01. The molecule has 1 aliphatic heterocycles. The van der Waals surface area contributed by atoms with Gasteiger partial charge in [0.25, 0.3) is 0 Å². The number of nitrogens with zero attached hydrogens (tertiary/aromatic N) is 2. The molecule has 1 fully saturated rings. The van der Waals surface area contributed by atoms with E-state index in [1.807, 2.05) is 35.4 Å². The second-order valence-corrected chi connectivity index (χ2v) is 6.54. The largest absolute Gasteiger partial charge is 0.465 e. The van der Waals surface area contributed by atoms with Crippen LogP contribution in [0.25, 0.3) is 0 Å². The van der Waals surface area contributed by atoms with Gasteiger partial charge in [-0.25, -0.2) is 4.79 Å². The SMILES string of the molecule is COC(=O)c1ccc(C2SCC(=O)N2CCc2cccnc2)cc1. The van der Waals surface area contributed by atoms with Gasteiger partial charge >= 0.3 is 5.97 Å². The number of ether oxygens (including phenoxy) is 1. The minimum atomic E-state index is -0.356. The lowest BCUT2D eigenvalue weighted by Gasteiger charge is -2.24. The van der Waals surface area contributed by atoms with Gasteiger partial charge in [-0.2, -0.15) is 0 Å². The maximum Gasteiger partial charge on any atom is 0.337 e. The molecule has 0 radical (unpaired) electrons. The quantitative estimate of drug-likeness (QED) is 0.782. The molecular formula is C18H18N2O3S. The number of benzene rings is 1. The third-order valence-electron chi connectivity index (χ3n) is 3.95. The van der Waals surface area contributed by atoms with Gasteiger partial charge in [0.2, 0.25) is 5.91 Å². The second kappa shape index (κ2) is 7.49. The Morgan fingerprint density at radius 2 is 2.12 bits per heavy atom. The van der Waals surface area contributed by atoms with E-state index in [9.17, 15) is 9.59 Å². The van der Waals surface area contributed by atoms with Crippen molar-refractivity contribution in [1.29, 1.82) is 0 Å². The van der Waals surface area contributed by atoms with Crippen molar-refractivity contribution in [3.8, 4) is 0 Å². The van der Waals surface area contributed by atoms with Crippen LogP contribution in [0.1, 0.15) is 26.9 Å². The van der Waals surface area contributed by atoms with Crippen LogP contribution in [0.5, 0.6) is 0 Å². The monoisotopic (exact) mass is 342 g/mol. The third-order valence-corrected chi connectivity index (χ3v) is 5.21. The molecule has 1 atom stereocenters. The molecule has 1 saturated heterocycles. The van der Waals surface area contributed by atoms with E-state index in [2.05, 4.69) is 4.98 Å². The van der Waals surface area contributed by atoms with E-state index >= 15 is 0 Å². The molecule has 1 unspecified atom stereocenters. The molecule has 1 aromatic heterocycles. The first-order valence-electron chi connectivity index (χ1n) is 7.67. The van der Waals surface area contributed by atoms with Crippen LogP contribution in [0.15, 0.2) is 48.8 Å². The highest BCUT2D eigenvalue weighted by atomic mass is 32.2. The molecule has 0 saturated carbocycles. The Kier molecular flexibility index (Phi) is 5.15. The van der Waals surface area contributed by atoms with Gasteiger partial charge in [0.1, 0.15) is 5.37 Å². The Morgan fingerprint density at radius 1 is 1.33 bits per heavy atom. The fourth-order valence-corrected chi connectivity index (χ4v) is 3.89. The van der Waals surface area contributed by atoms with Crippen LogP contribution >= 0.6 is 11.8 Å². The van der Waals surface area contributed by atoms with E-state index < -0.39 is 0 Å². The Labute approximate surface area is 145 Å². The molecule has 2 heterocycles. The van der Waals surface area contributed by atoms with Gasteiger partial charge in [-0.15, -0.1) is 11.8 Å². The Balaban J connectivity index is 1.71. The van der Waals surface area contributed by atoms with Crippen molar-refractivity contribution in [3.63, 3.8) is 0 Å². The summed E-state index contributed by atoms with van der Waals surface area (Å²) in [5.74, 6) is 0.271. The molecule has 0 N–H and O–H groups in total. The van der Waals surface area contributed by atoms with Gasteiger partial charge in [0, 0.05) is 18.9 Å². The van der Waals surface area contributed by atoms with Crippen LogP contribution in [0.4, 0.5) is 0 Å². The molecule has 2 aromatic rings. The maximum atomic E-state index is 12.2. The standard InChI is InChI=1S/C18H18N2O3S/c1-23-18(22)15-6-4-14(5-7-15)17-20(16(21)12-24-17)10-8-13-3-2-9-19-11-13/h2-7,9,11,17H,8,10,12H2,1H3. The summed E-state index contributed by atoms with van der Waals surface area (Å²) in [6.45, 7) is 0.654. The minimum Gasteiger partial charge on any atom is -0.465 e. The van der Waals surface area contributed by atoms with E-state index in [4.69, 9.17) is 4.74 Å². The number of methoxy groups -OCH3 is 1. The van der Waals surface area contributed by atoms with Gasteiger partial charge in [-0.3, -0.25) is 9.78 Å². The normalized spacial score (nSPS) is 17.1. The summed E-state index contributed by atoms with van der Waals surface area (Å²) in [4.78, 5) is 29.7. The van der Waals surface area contributed by atoms with Gasteiger partial charge < -0.3 is 9.64 Å². The van der Waals surface area contributed by atoms with Crippen molar-refractivity contribution in [1.82, 2.24) is 9.88 Å². The number of carbonyl (C=O) groups is 2. The summed E-state index contributed by atoms with van der Waals surface area (Å²) in [7, 11) is 1.36. The molecule has 1 amide bonds. The van der Waals surface area contributed by atoms with Crippen molar-refractivity contribution in [2.24, 2.45) is 0 Å². The van der Waals surface area contributed by atoms with E-state index in [-0.39, 0.29) is 17.3 Å². The average molecular weight is 342 g/mol. The van der Waals surface area contributed by atoms with Crippen LogP contribution in [-0.4, -0.2) is 41.2 Å². The van der Waals surface area contributed by atoms with E-state index in [0.717, 1.165) is 17.5 Å². The number of hydrogen-bond acceptors (Lipinski definition) is 5. The van der Waals surface area contributed by atoms with Crippen molar-refractivity contribution < 1.29 is 14.3 Å². The molecular weight excluding hydrogens is 324 g/mol. The van der Waals surface area contributed by atoms with Crippen molar-refractivity contribution in [2.45, 2.75) is 11.8 Å². The molecule has 0 aliphatic carbocycles. The third kappa shape index (κ3) is 3.59. The summed E-state index contributed by atoms with van der Waals surface area (Å²) in [5, 5.41) is -0.0131. The predicted octanol–water partition coefficient (Wildman–Crippen LogP) is 2.68. The number of amides is 1. The first kappa shape index (κ1) is 16.5.